The number of rotatable bonds is 8. The number of hydrogen-bond acceptors (Lipinski definition) is 3. The molecule has 146 valence electrons. The quantitative estimate of drug-likeness (QED) is 0.637. The molecule has 3 nitrogen and oxygen atoms in total. The van der Waals surface area contributed by atoms with Gasteiger partial charge in [-0.1, -0.05) is 27.7 Å². The molecule has 2 rings (SSSR count). The summed E-state index contributed by atoms with van der Waals surface area (Å²) in [5.74, 6) is 4.53. The second kappa shape index (κ2) is 9.64. The number of fused-ring (bicyclic) bond motifs is 1. The highest BCUT2D eigenvalue weighted by Crippen LogP contribution is 2.48. The molecule has 1 aliphatic heterocycles. The van der Waals surface area contributed by atoms with Gasteiger partial charge in [0.05, 0.1) is 6.10 Å². The van der Waals surface area contributed by atoms with Crippen LogP contribution in [0, 0.1) is 23.2 Å². The lowest BCUT2D eigenvalue weighted by atomic mass is 9.59. The molecule has 0 aromatic carbocycles. The van der Waals surface area contributed by atoms with E-state index in [0.717, 1.165) is 51.1 Å². The van der Waals surface area contributed by atoms with Crippen LogP contribution in [0.5, 0.6) is 0 Å². The fourth-order valence-electron chi connectivity index (χ4n) is 4.72. The van der Waals surface area contributed by atoms with E-state index < -0.39 is 0 Å². The lowest BCUT2D eigenvalue weighted by Gasteiger charge is -2.53. The highest BCUT2D eigenvalue weighted by Gasteiger charge is 2.47. The van der Waals surface area contributed by atoms with E-state index in [-0.39, 0.29) is 11.5 Å². The molecular weight excluding hydrogens is 330 g/mol. The first kappa shape index (κ1) is 21.1. The Hall–Kier alpha value is -0.220. The van der Waals surface area contributed by atoms with Crippen LogP contribution in [0.4, 0.5) is 0 Å². The van der Waals surface area contributed by atoms with E-state index in [1.54, 1.807) is 0 Å². The number of aliphatic hydroxyl groups excluding tert-OH is 1. The number of unbranched alkanes of at least 4 members (excludes halogenated alkanes) is 1. The third-order valence-corrected chi connectivity index (χ3v) is 7.63. The number of aliphatic hydroxyl groups is 1. The largest absolute Gasteiger partial charge is 0.393 e. The predicted molar refractivity (Wildman–Crippen MR) is 108 cm³/mol. The van der Waals surface area contributed by atoms with Gasteiger partial charge in [-0.3, -0.25) is 4.79 Å². The lowest BCUT2D eigenvalue weighted by molar-refractivity contribution is -0.141. The normalized spacial score (nSPS) is 32.7. The molecule has 0 bridgehead atoms. The van der Waals surface area contributed by atoms with Gasteiger partial charge in [0.2, 0.25) is 5.91 Å². The second-order valence-electron chi connectivity index (χ2n) is 9.08. The van der Waals surface area contributed by atoms with Gasteiger partial charge in [0.1, 0.15) is 0 Å². The second-order valence-corrected chi connectivity index (χ2v) is 10.3. The zero-order valence-electron chi connectivity index (χ0n) is 16.8. The van der Waals surface area contributed by atoms with Gasteiger partial charge in [-0.2, -0.15) is 11.8 Å². The standard InChI is InChI=1S/C21H39NO2S/c1-16(2)10-14-25-13-6-5-7-20(24)22-12-9-18-17(3)19(23)8-11-21(18,4)15-22/h16-19,23H,5-15H2,1-4H3/t17-,18-,19-,21+/m0/s1. The Balaban J connectivity index is 1.68. The summed E-state index contributed by atoms with van der Waals surface area (Å²) < 4.78 is 0. The molecule has 1 amide bonds. The van der Waals surface area contributed by atoms with Crippen LogP contribution in [0.3, 0.4) is 0 Å². The predicted octanol–water partition coefficient (Wildman–Crippen LogP) is 4.58. The van der Waals surface area contributed by atoms with Gasteiger partial charge in [0.15, 0.2) is 0 Å². The van der Waals surface area contributed by atoms with Crippen LogP contribution in [0.15, 0.2) is 0 Å². The molecule has 1 saturated heterocycles. The van der Waals surface area contributed by atoms with Gasteiger partial charge in [-0.15, -0.1) is 0 Å². The summed E-state index contributed by atoms with van der Waals surface area (Å²) in [5.41, 5.74) is 0.208. The number of carbonyl (C=O) groups is 1. The Morgan fingerprint density at radius 3 is 2.76 bits per heavy atom. The number of thioether (sulfide) groups is 1. The smallest absolute Gasteiger partial charge is 0.222 e. The van der Waals surface area contributed by atoms with Crippen molar-refractivity contribution in [2.24, 2.45) is 23.2 Å². The summed E-state index contributed by atoms with van der Waals surface area (Å²) in [7, 11) is 0. The van der Waals surface area contributed by atoms with Crippen molar-refractivity contribution in [3.05, 3.63) is 0 Å². The molecule has 0 radical (unpaired) electrons. The van der Waals surface area contributed by atoms with E-state index in [1.807, 2.05) is 11.8 Å². The van der Waals surface area contributed by atoms with Crippen LogP contribution in [0.1, 0.15) is 72.6 Å². The van der Waals surface area contributed by atoms with Crippen molar-refractivity contribution in [3.8, 4) is 0 Å². The molecule has 1 saturated carbocycles. The van der Waals surface area contributed by atoms with Crippen molar-refractivity contribution in [1.82, 2.24) is 4.90 Å². The van der Waals surface area contributed by atoms with E-state index in [0.29, 0.717) is 24.2 Å². The van der Waals surface area contributed by atoms with Crippen LogP contribution in [0.25, 0.3) is 0 Å². The highest BCUT2D eigenvalue weighted by atomic mass is 32.2. The molecule has 1 N–H and O–H groups in total. The van der Waals surface area contributed by atoms with E-state index >= 15 is 0 Å². The molecule has 2 fully saturated rings. The third kappa shape index (κ3) is 5.89. The van der Waals surface area contributed by atoms with E-state index in [4.69, 9.17) is 0 Å². The Kier molecular flexibility index (Phi) is 8.13. The third-order valence-electron chi connectivity index (χ3n) is 6.53. The van der Waals surface area contributed by atoms with E-state index in [2.05, 4.69) is 32.6 Å². The average Bonchev–Trinajstić information content (AvgIpc) is 2.56. The number of likely N-dealkylation sites (tertiary alicyclic amines) is 1. The Labute approximate surface area is 159 Å². The van der Waals surface area contributed by atoms with Crippen molar-refractivity contribution >= 4 is 17.7 Å². The SMILES string of the molecule is CC(C)CCSCCCCC(=O)N1CC[C@H]2[C@H](C)[C@@H](O)CC[C@]2(C)C1. The first-order valence-electron chi connectivity index (χ1n) is 10.4. The van der Waals surface area contributed by atoms with Crippen LogP contribution >= 0.6 is 11.8 Å². The fourth-order valence-corrected chi connectivity index (χ4v) is 5.97. The van der Waals surface area contributed by atoms with Crippen molar-refractivity contribution < 1.29 is 9.90 Å². The number of carbonyl (C=O) groups excluding carboxylic acids is 1. The van der Waals surface area contributed by atoms with Crippen molar-refractivity contribution in [3.63, 3.8) is 0 Å². The molecule has 1 aliphatic carbocycles. The number of piperidine rings is 1. The van der Waals surface area contributed by atoms with Gasteiger partial charge >= 0.3 is 0 Å². The van der Waals surface area contributed by atoms with E-state index in [1.165, 1.54) is 17.9 Å². The van der Waals surface area contributed by atoms with Crippen LogP contribution in [-0.2, 0) is 4.79 Å². The minimum absolute atomic E-state index is 0.145. The highest BCUT2D eigenvalue weighted by molar-refractivity contribution is 7.99. The molecular formula is C21H39NO2S. The summed E-state index contributed by atoms with van der Waals surface area (Å²) in [4.78, 5) is 14.7. The van der Waals surface area contributed by atoms with Gasteiger partial charge in [-0.25, -0.2) is 0 Å². The van der Waals surface area contributed by atoms with E-state index in [9.17, 15) is 9.90 Å². The number of hydrogen-bond donors (Lipinski definition) is 1. The summed E-state index contributed by atoms with van der Waals surface area (Å²) in [6.45, 7) is 10.9. The average molecular weight is 370 g/mol. The zero-order chi connectivity index (χ0) is 18.4. The molecule has 0 aromatic rings. The molecule has 0 spiro atoms. The van der Waals surface area contributed by atoms with Crippen molar-refractivity contribution in [2.45, 2.75) is 78.7 Å². The van der Waals surface area contributed by atoms with Crippen LogP contribution < -0.4 is 0 Å². The van der Waals surface area contributed by atoms with Crippen molar-refractivity contribution in [2.75, 3.05) is 24.6 Å². The molecule has 0 aromatic heterocycles. The molecule has 0 unspecified atom stereocenters. The Morgan fingerprint density at radius 1 is 1.28 bits per heavy atom. The topological polar surface area (TPSA) is 40.5 Å². The van der Waals surface area contributed by atoms with Gasteiger partial charge in [0, 0.05) is 19.5 Å². The summed E-state index contributed by atoms with van der Waals surface area (Å²) >= 11 is 2.03. The monoisotopic (exact) mass is 369 g/mol. The van der Waals surface area contributed by atoms with Crippen LogP contribution in [0.2, 0.25) is 0 Å². The van der Waals surface area contributed by atoms with Gasteiger partial charge < -0.3 is 10.0 Å². The minimum atomic E-state index is -0.145. The van der Waals surface area contributed by atoms with Gasteiger partial charge in [0.25, 0.3) is 0 Å². The molecule has 2 aliphatic rings. The number of amides is 1. The first-order valence-corrected chi connectivity index (χ1v) is 11.5. The Bertz CT molecular complexity index is 428. The molecule has 4 heteroatoms. The Morgan fingerprint density at radius 2 is 2.04 bits per heavy atom. The maximum atomic E-state index is 12.6. The minimum Gasteiger partial charge on any atom is -0.393 e. The summed E-state index contributed by atoms with van der Waals surface area (Å²) in [5, 5.41) is 10.2. The molecule has 1 heterocycles. The summed E-state index contributed by atoms with van der Waals surface area (Å²) in [6, 6.07) is 0. The molecule has 4 atom stereocenters. The first-order chi connectivity index (χ1) is 11.8. The summed E-state index contributed by atoms with van der Waals surface area (Å²) in [6.07, 6.45) is 7.06. The van der Waals surface area contributed by atoms with Gasteiger partial charge in [-0.05, 0) is 73.2 Å². The van der Waals surface area contributed by atoms with Crippen molar-refractivity contribution in [1.29, 1.82) is 0 Å². The maximum Gasteiger partial charge on any atom is 0.222 e. The number of nitrogens with zero attached hydrogens (tertiary/aromatic N) is 1. The lowest BCUT2D eigenvalue weighted by Crippen LogP contribution is -2.55. The van der Waals surface area contributed by atoms with Crippen LogP contribution in [-0.4, -0.2) is 46.6 Å². The maximum absolute atomic E-state index is 12.6. The zero-order valence-corrected chi connectivity index (χ0v) is 17.6. The fraction of sp³-hybridized carbons (Fsp3) is 0.952. The molecule has 25 heavy (non-hydrogen) atoms.